The van der Waals surface area contributed by atoms with E-state index < -0.39 is 0 Å². The lowest BCUT2D eigenvalue weighted by Crippen LogP contribution is -2.24. The van der Waals surface area contributed by atoms with E-state index in [0.717, 1.165) is 11.1 Å². The van der Waals surface area contributed by atoms with Crippen LogP contribution in [0.3, 0.4) is 0 Å². The average Bonchev–Trinajstić information content (AvgIpc) is 3.44. The van der Waals surface area contributed by atoms with E-state index in [1.54, 1.807) is 41.9 Å². The van der Waals surface area contributed by atoms with Crippen LogP contribution in [0.4, 0.5) is 5.13 Å². The van der Waals surface area contributed by atoms with Gasteiger partial charge in [0.05, 0.1) is 12.2 Å². The minimum Gasteiger partial charge on any atom is -0.347 e. The van der Waals surface area contributed by atoms with E-state index in [0.29, 0.717) is 17.4 Å². The molecule has 3 aromatic rings. The predicted molar refractivity (Wildman–Crippen MR) is 114 cm³/mol. The lowest BCUT2D eigenvalue weighted by molar-refractivity contribution is -0.116. The second-order valence-electron chi connectivity index (χ2n) is 5.52. The minimum absolute atomic E-state index is 0.148. The molecule has 0 aliphatic carbocycles. The topological polar surface area (TPSA) is 62.3 Å². The van der Waals surface area contributed by atoms with E-state index >= 15 is 0 Å². The average molecular weight is 416 g/mol. The molecule has 0 spiro atoms. The molecule has 0 aromatic carbocycles. The van der Waals surface area contributed by atoms with Crippen LogP contribution in [0.25, 0.3) is 12.2 Å². The lowest BCUT2D eigenvalue weighted by atomic mass is 10.3. The summed E-state index contributed by atoms with van der Waals surface area (Å²) in [7, 11) is 1.69. The van der Waals surface area contributed by atoms with Gasteiger partial charge in [-0.3, -0.25) is 14.5 Å². The summed E-state index contributed by atoms with van der Waals surface area (Å²) >= 11 is 4.53. The molecule has 3 aromatic heterocycles. The summed E-state index contributed by atoms with van der Waals surface area (Å²) in [6.07, 6.45) is 6.58. The number of anilines is 1. The number of nitrogens with one attached hydrogen (secondary N) is 1. The van der Waals surface area contributed by atoms with Gasteiger partial charge in [-0.2, -0.15) is 22.7 Å². The van der Waals surface area contributed by atoms with Gasteiger partial charge >= 0.3 is 0 Å². The second-order valence-corrected chi connectivity index (χ2v) is 7.91. The molecule has 27 heavy (non-hydrogen) atoms. The first-order valence-electron chi connectivity index (χ1n) is 8.02. The number of nitrogens with zero attached hydrogens (tertiary/aromatic N) is 2. The van der Waals surface area contributed by atoms with E-state index in [-0.39, 0.29) is 11.8 Å². The fraction of sp³-hybridized carbons (Fsp3) is 0.105. The molecule has 0 atom stereocenters. The van der Waals surface area contributed by atoms with Crippen molar-refractivity contribution in [1.82, 2.24) is 10.3 Å². The Kier molecular flexibility index (Phi) is 6.69. The first kappa shape index (κ1) is 19.2. The summed E-state index contributed by atoms with van der Waals surface area (Å²) in [4.78, 5) is 30.0. The Morgan fingerprint density at radius 3 is 2.37 bits per heavy atom. The van der Waals surface area contributed by atoms with Crippen LogP contribution in [0, 0.1) is 0 Å². The standard InChI is InChI=1S/C19H17N3O2S3/c1-22(18(24)5-3-15-7-9-26-12-15)19-21-16(13-27-19)10-20-17(23)4-2-14-6-8-25-11-14/h2-9,11-13H,10H2,1H3,(H,20,23)/b4-2+,5-3+. The van der Waals surface area contributed by atoms with Crippen molar-refractivity contribution in [2.45, 2.75) is 6.54 Å². The molecule has 5 nitrogen and oxygen atoms in total. The molecule has 0 saturated carbocycles. The van der Waals surface area contributed by atoms with E-state index in [1.807, 2.05) is 39.0 Å². The Labute approximate surface area is 169 Å². The molecular weight excluding hydrogens is 398 g/mol. The highest BCUT2D eigenvalue weighted by molar-refractivity contribution is 7.14. The predicted octanol–water partition coefficient (Wildman–Crippen LogP) is 4.27. The molecule has 0 aliphatic heterocycles. The minimum atomic E-state index is -0.182. The molecule has 0 aliphatic rings. The van der Waals surface area contributed by atoms with Crippen molar-refractivity contribution in [3.63, 3.8) is 0 Å². The van der Waals surface area contributed by atoms with Crippen molar-refractivity contribution in [3.05, 3.63) is 68.0 Å². The fourth-order valence-corrected chi connectivity index (χ4v) is 4.11. The van der Waals surface area contributed by atoms with Gasteiger partial charge in [0.15, 0.2) is 5.13 Å². The lowest BCUT2D eigenvalue weighted by Gasteiger charge is -2.10. The van der Waals surface area contributed by atoms with Gasteiger partial charge < -0.3 is 5.32 Å². The zero-order valence-electron chi connectivity index (χ0n) is 14.5. The quantitative estimate of drug-likeness (QED) is 0.586. The number of amides is 2. The highest BCUT2D eigenvalue weighted by Gasteiger charge is 2.12. The number of hydrogen-bond acceptors (Lipinski definition) is 6. The molecule has 2 amide bonds. The number of rotatable bonds is 7. The number of carbonyl (C=O) groups excluding carboxylic acids is 2. The van der Waals surface area contributed by atoms with Crippen molar-refractivity contribution >= 4 is 63.1 Å². The van der Waals surface area contributed by atoms with Gasteiger partial charge in [0.25, 0.3) is 5.91 Å². The van der Waals surface area contributed by atoms with Gasteiger partial charge in [0.2, 0.25) is 5.91 Å². The summed E-state index contributed by atoms with van der Waals surface area (Å²) in [5, 5.41) is 13.1. The van der Waals surface area contributed by atoms with Gasteiger partial charge in [0, 0.05) is 24.6 Å². The highest BCUT2D eigenvalue weighted by Crippen LogP contribution is 2.20. The molecule has 0 unspecified atom stereocenters. The Bertz CT molecular complexity index is 941. The largest absolute Gasteiger partial charge is 0.347 e. The van der Waals surface area contributed by atoms with Crippen LogP contribution in [-0.2, 0) is 16.1 Å². The molecule has 0 bridgehead atoms. The van der Waals surface area contributed by atoms with Gasteiger partial charge in [-0.15, -0.1) is 11.3 Å². The maximum atomic E-state index is 12.2. The SMILES string of the molecule is CN(C(=O)/C=C/c1ccsc1)c1nc(CNC(=O)/C=C/c2ccsc2)cs1. The first-order chi connectivity index (χ1) is 13.1. The van der Waals surface area contributed by atoms with Crippen molar-refractivity contribution in [3.8, 4) is 0 Å². The summed E-state index contributed by atoms with van der Waals surface area (Å²) in [5.41, 5.74) is 2.72. The van der Waals surface area contributed by atoms with Crippen LogP contribution in [0.2, 0.25) is 0 Å². The number of aromatic nitrogens is 1. The Balaban J connectivity index is 1.51. The Hall–Kier alpha value is -2.55. The third-order valence-electron chi connectivity index (χ3n) is 3.53. The number of likely N-dealkylation sites (N-methyl/N-ethyl adjacent to an activating group) is 1. The van der Waals surface area contributed by atoms with Crippen LogP contribution in [0.5, 0.6) is 0 Å². The molecule has 138 valence electrons. The van der Waals surface area contributed by atoms with Crippen molar-refractivity contribution in [2.75, 3.05) is 11.9 Å². The monoisotopic (exact) mass is 415 g/mol. The van der Waals surface area contributed by atoms with E-state index in [9.17, 15) is 9.59 Å². The zero-order chi connectivity index (χ0) is 19.1. The zero-order valence-corrected chi connectivity index (χ0v) is 16.9. The first-order valence-corrected chi connectivity index (χ1v) is 10.8. The molecule has 3 heterocycles. The summed E-state index contributed by atoms with van der Waals surface area (Å²) in [6.45, 7) is 0.316. The molecule has 0 saturated heterocycles. The highest BCUT2D eigenvalue weighted by atomic mass is 32.1. The molecule has 8 heteroatoms. The van der Waals surface area contributed by atoms with Crippen molar-refractivity contribution in [1.29, 1.82) is 0 Å². The van der Waals surface area contributed by atoms with Crippen molar-refractivity contribution in [2.24, 2.45) is 0 Å². The third kappa shape index (κ3) is 5.72. The van der Waals surface area contributed by atoms with E-state index in [2.05, 4.69) is 10.3 Å². The second kappa shape index (κ2) is 9.40. The fourth-order valence-electron chi connectivity index (χ4n) is 2.05. The van der Waals surface area contributed by atoms with Gasteiger partial charge in [-0.05, 0) is 56.9 Å². The van der Waals surface area contributed by atoms with Crippen LogP contribution >= 0.6 is 34.0 Å². The Morgan fingerprint density at radius 1 is 1.07 bits per heavy atom. The molecule has 0 radical (unpaired) electrons. The molecule has 0 fully saturated rings. The summed E-state index contributed by atoms with van der Waals surface area (Å²) in [5.74, 6) is -0.330. The smallest absolute Gasteiger partial charge is 0.252 e. The van der Waals surface area contributed by atoms with Gasteiger partial charge in [-0.1, -0.05) is 0 Å². The van der Waals surface area contributed by atoms with Crippen LogP contribution in [-0.4, -0.2) is 23.8 Å². The van der Waals surface area contributed by atoms with Gasteiger partial charge in [0.1, 0.15) is 0 Å². The molecule has 3 rings (SSSR count). The van der Waals surface area contributed by atoms with Crippen LogP contribution in [0.15, 0.2) is 51.2 Å². The van der Waals surface area contributed by atoms with Crippen LogP contribution < -0.4 is 10.2 Å². The molecular formula is C19H17N3O2S3. The molecule has 1 N–H and O–H groups in total. The van der Waals surface area contributed by atoms with E-state index in [1.165, 1.54) is 28.4 Å². The number of hydrogen-bond donors (Lipinski definition) is 1. The number of carbonyl (C=O) groups is 2. The number of thiazole rings is 1. The number of thiophene rings is 2. The van der Waals surface area contributed by atoms with Gasteiger partial charge in [-0.25, -0.2) is 4.98 Å². The normalized spacial score (nSPS) is 11.3. The van der Waals surface area contributed by atoms with Crippen LogP contribution in [0.1, 0.15) is 16.8 Å². The third-order valence-corrected chi connectivity index (χ3v) is 5.90. The maximum Gasteiger partial charge on any atom is 0.252 e. The maximum absolute atomic E-state index is 12.2. The Morgan fingerprint density at radius 2 is 1.74 bits per heavy atom. The van der Waals surface area contributed by atoms with E-state index in [4.69, 9.17) is 0 Å². The van der Waals surface area contributed by atoms with Crippen molar-refractivity contribution < 1.29 is 9.59 Å². The summed E-state index contributed by atoms with van der Waals surface area (Å²) < 4.78 is 0. The summed E-state index contributed by atoms with van der Waals surface area (Å²) in [6, 6.07) is 3.90.